The fourth-order valence-electron chi connectivity index (χ4n) is 4.14. The molecule has 1 aliphatic heterocycles. The van der Waals surface area contributed by atoms with E-state index in [4.69, 9.17) is 0 Å². The number of fused-ring (bicyclic) bond motifs is 1. The maximum Gasteiger partial charge on any atom is 0.441 e. The summed E-state index contributed by atoms with van der Waals surface area (Å²) in [5.41, 5.74) is -3.03. The minimum atomic E-state index is -9.81. The molecule has 39 heavy (non-hydrogen) atoms. The first-order chi connectivity index (χ1) is 17.8. The molecule has 0 spiro atoms. The Hall–Kier alpha value is -3.01. The highest BCUT2D eigenvalue weighted by Crippen LogP contribution is 3.02. The zero-order chi connectivity index (χ0) is 28.9. The van der Waals surface area contributed by atoms with Crippen molar-refractivity contribution in [3.63, 3.8) is 0 Å². The molecule has 1 aliphatic rings. The van der Waals surface area contributed by atoms with Crippen LogP contribution in [0.3, 0.4) is 0 Å². The number of likely N-dealkylation sites (tertiary alicyclic amines) is 1. The molecule has 0 atom stereocenters. The van der Waals surface area contributed by atoms with E-state index in [2.05, 4.69) is 10.4 Å². The number of amides is 2. The molecular weight excluding hydrogens is 580 g/mol. The summed E-state index contributed by atoms with van der Waals surface area (Å²) in [6.45, 7) is 2.48. The van der Waals surface area contributed by atoms with E-state index >= 15 is 0 Å². The van der Waals surface area contributed by atoms with Gasteiger partial charge >= 0.3 is 15.7 Å². The highest BCUT2D eigenvalue weighted by Gasteiger charge is 2.65. The van der Waals surface area contributed by atoms with Gasteiger partial charge in [0.25, 0.3) is 11.8 Å². The lowest BCUT2D eigenvalue weighted by molar-refractivity contribution is -0.0327. The summed E-state index contributed by atoms with van der Waals surface area (Å²) in [6, 6.07) is 5.15. The first kappa shape index (κ1) is 29.0. The lowest BCUT2D eigenvalue weighted by Crippen LogP contribution is -2.51. The molecule has 3 aromatic rings. The van der Waals surface area contributed by atoms with Crippen LogP contribution in [-0.2, 0) is 6.54 Å². The van der Waals surface area contributed by atoms with Crippen LogP contribution in [-0.4, -0.2) is 57.4 Å². The van der Waals surface area contributed by atoms with Crippen LogP contribution in [0, 0.1) is 12.8 Å². The Balaban J connectivity index is 1.34. The minimum absolute atomic E-state index is 0.0257. The van der Waals surface area contributed by atoms with Gasteiger partial charge in [0, 0.05) is 60.6 Å². The van der Waals surface area contributed by atoms with Crippen LogP contribution in [0.1, 0.15) is 26.3 Å². The van der Waals surface area contributed by atoms with Crippen molar-refractivity contribution in [2.75, 3.05) is 25.4 Å². The monoisotopic (exact) mass is 602 g/mol. The van der Waals surface area contributed by atoms with E-state index in [-0.39, 0.29) is 60.8 Å². The van der Waals surface area contributed by atoms with Crippen LogP contribution < -0.4 is 5.32 Å². The number of thioether (sulfide) groups is 1. The average Bonchev–Trinajstić information content (AvgIpc) is 3.17. The van der Waals surface area contributed by atoms with Crippen LogP contribution in [0.25, 0.3) is 10.9 Å². The van der Waals surface area contributed by atoms with Gasteiger partial charge < -0.3 is 10.2 Å². The summed E-state index contributed by atoms with van der Waals surface area (Å²) < 4.78 is 103. The summed E-state index contributed by atoms with van der Waals surface area (Å²) >= 11 is -0.224. The summed E-state index contributed by atoms with van der Waals surface area (Å²) in [4.78, 5) is 24.3. The number of hydrogen-bond acceptors (Lipinski definition) is 4. The molecule has 6 nitrogen and oxygen atoms in total. The molecule has 1 fully saturated rings. The van der Waals surface area contributed by atoms with Crippen LogP contribution in [0.4, 0.5) is 32.6 Å². The number of alkyl halides is 3. The van der Waals surface area contributed by atoms with Gasteiger partial charge in [0.15, 0.2) is 0 Å². The van der Waals surface area contributed by atoms with Gasteiger partial charge in [-0.2, -0.15) is 18.3 Å². The maximum absolute atomic E-state index is 12.9. The molecule has 1 aromatic heterocycles. The number of carbonyl (C=O) groups is 2. The maximum atomic E-state index is 12.9. The van der Waals surface area contributed by atoms with Gasteiger partial charge in [0.1, 0.15) is 4.90 Å². The van der Waals surface area contributed by atoms with E-state index in [1.54, 1.807) is 29.9 Å². The number of benzene rings is 2. The zero-order valence-corrected chi connectivity index (χ0v) is 21.8. The van der Waals surface area contributed by atoms with Crippen molar-refractivity contribution < 1.29 is 42.2 Å². The number of hydrogen-bond donors (Lipinski definition) is 1. The summed E-state index contributed by atoms with van der Waals surface area (Å²) in [5.74, 6) is -1.43. The van der Waals surface area contributed by atoms with Crippen LogP contribution in [0.5, 0.6) is 0 Å². The first-order valence-electron chi connectivity index (χ1n) is 11.4. The lowest BCUT2D eigenvalue weighted by atomic mass is 9.99. The highest BCUT2D eigenvalue weighted by atomic mass is 32.5. The quantitative estimate of drug-likeness (QED) is 0.229. The third-order valence-electron chi connectivity index (χ3n) is 6.03. The normalized spacial score (nSPS) is 16.5. The third-order valence-corrected chi connectivity index (χ3v) is 7.93. The molecule has 2 amide bonds. The number of aryl methyl sites for hydroxylation is 1. The van der Waals surface area contributed by atoms with Gasteiger partial charge in [-0.25, -0.2) is 0 Å². The fraction of sp³-hybridized carbons (Fsp3) is 0.348. The predicted octanol–water partition coefficient (Wildman–Crippen LogP) is 6.76. The molecule has 0 bridgehead atoms. The Morgan fingerprint density at radius 1 is 1.08 bits per heavy atom. The van der Waals surface area contributed by atoms with Crippen molar-refractivity contribution in [3.05, 3.63) is 59.3 Å². The van der Waals surface area contributed by atoms with Gasteiger partial charge in [0.2, 0.25) is 0 Å². The Labute approximate surface area is 221 Å². The van der Waals surface area contributed by atoms with E-state index in [0.29, 0.717) is 28.6 Å². The van der Waals surface area contributed by atoms with Gasteiger partial charge in [0.05, 0.1) is 5.52 Å². The largest absolute Gasteiger partial charge is 0.441 e. The molecule has 0 unspecified atom stereocenters. The van der Waals surface area contributed by atoms with E-state index in [1.807, 2.05) is 0 Å². The van der Waals surface area contributed by atoms with Gasteiger partial charge in [-0.1, -0.05) is 19.4 Å². The second kappa shape index (κ2) is 9.28. The van der Waals surface area contributed by atoms with E-state index in [1.165, 1.54) is 4.90 Å². The van der Waals surface area contributed by atoms with Gasteiger partial charge in [-0.15, -0.1) is 0 Å². The fourth-order valence-corrected chi connectivity index (χ4v) is 5.23. The number of nitrogens with zero attached hydrogens (tertiary/aromatic N) is 3. The van der Waals surface area contributed by atoms with Gasteiger partial charge in [-0.05, 0) is 60.6 Å². The zero-order valence-electron chi connectivity index (χ0n) is 20.2. The smallest absolute Gasteiger partial charge is 0.351 e. The Morgan fingerprint density at radius 2 is 1.72 bits per heavy atom. The number of carbonyl (C=O) groups excluding carboxylic acids is 2. The summed E-state index contributed by atoms with van der Waals surface area (Å²) in [5, 5.41) is 7.54. The second-order valence-electron chi connectivity index (χ2n) is 9.20. The molecular formula is C23H22F8N4O2S2. The van der Waals surface area contributed by atoms with E-state index in [0.717, 1.165) is 12.1 Å². The van der Waals surface area contributed by atoms with Crippen LogP contribution in [0.2, 0.25) is 0 Å². The molecule has 2 heterocycles. The topological polar surface area (TPSA) is 67.2 Å². The average molecular weight is 603 g/mol. The van der Waals surface area contributed by atoms with Crippen molar-refractivity contribution in [2.24, 2.45) is 5.92 Å². The molecule has 1 N–H and O–H groups in total. The molecule has 0 saturated carbocycles. The third kappa shape index (κ3) is 7.15. The van der Waals surface area contributed by atoms with Crippen LogP contribution >= 0.6 is 22.0 Å². The van der Waals surface area contributed by atoms with Crippen LogP contribution in [0.15, 0.2) is 47.5 Å². The molecule has 2 aromatic carbocycles. The number of nitrogens with one attached hydrogen (secondary N) is 1. The van der Waals surface area contributed by atoms with Crippen molar-refractivity contribution in [3.8, 4) is 0 Å². The van der Waals surface area contributed by atoms with Crippen molar-refractivity contribution in [1.29, 1.82) is 0 Å². The van der Waals surface area contributed by atoms with E-state index < -0.39 is 32.4 Å². The lowest BCUT2D eigenvalue weighted by Gasteiger charge is -2.41. The molecule has 214 valence electrons. The second-order valence-corrected chi connectivity index (χ2v) is 12.8. The van der Waals surface area contributed by atoms with Crippen molar-refractivity contribution >= 4 is 44.7 Å². The molecule has 16 heteroatoms. The van der Waals surface area contributed by atoms with E-state index in [9.17, 15) is 42.2 Å². The Bertz CT molecular complexity index is 1420. The predicted molar refractivity (Wildman–Crippen MR) is 133 cm³/mol. The SMILES string of the molecule is Cc1cc2nn(CC3CN(C(=O)c4ccc(S(F)(F)(F)(F)F)cc4)C3)cc2cc1C(=O)NCCSC(F)(F)F. The summed E-state index contributed by atoms with van der Waals surface area (Å²) in [7, 11) is -9.81. The minimum Gasteiger partial charge on any atom is -0.351 e. The molecule has 0 aliphatic carbocycles. The number of rotatable bonds is 8. The van der Waals surface area contributed by atoms with Crippen molar-refractivity contribution in [1.82, 2.24) is 20.0 Å². The number of aromatic nitrogens is 2. The summed E-state index contributed by atoms with van der Waals surface area (Å²) in [6.07, 6.45) is 1.69. The molecule has 4 rings (SSSR count). The molecule has 0 radical (unpaired) electrons. The van der Waals surface area contributed by atoms with Gasteiger partial charge in [-0.3, -0.25) is 14.3 Å². The standard InChI is InChI=1S/C23H22F8N4O2S2/c1-14-8-20-17(9-19(14)21(36)32-6-7-38-23(24,25)26)13-35(33-20)12-15-10-34(11-15)22(37)16-2-4-18(5-3-16)39(27,28,29,30)31/h2-5,8-9,13,15H,6-7,10-12H2,1H3,(H,32,36). The Kier molecular flexibility index (Phi) is 6.90. The molecule has 1 saturated heterocycles. The Morgan fingerprint density at radius 3 is 2.31 bits per heavy atom. The highest BCUT2D eigenvalue weighted by molar-refractivity contribution is 8.45. The number of halogens is 8. The first-order valence-corrected chi connectivity index (χ1v) is 14.3. The van der Waals surface area contributed by atoms with Crippen molar-refractivity contribution in [2.45, 2.75) is 23.9 Å².